The Morgan fingerprint density at radius 1 is 1.29 bits per heavy atom. The van der Waals surface area contributed by atoms with Crippen LogP contribution in [0.3, 0.4) is 0 Å². The van der Waals surface area contributed by atoms with Crippen molar-refractivity contribution in [2.24, 2.45) is 0 Å². The van der Waals surface area contributed by atoms with E-state index in [-0.39, 0.29) is 48.1 Å². The Kier molecular flexibility index (Phi) is 12.4. The van der Waals surface area contributed by atoms with E-state index in [1.807, 2.05) is 0 Å². The molecule has 0 unspecified atom stereocenters. The molecule has 0 aliphatic heterocycles. The van der Waals surface area contributed by atoms with Gasteiger partial charge in [-0.1, -0.05) is 0 Å². The van der Waals surface area contributed by atoms with E-state index in [1.54, 1.807) is 0 Å². The van der Waals surface area contributed by atoms with E-state index < -0.39 is 10.4 Å². The third-order valence-corrected chi connectivity index (χ3v) is 0. The molecule has 1 radical (unpaired) electrons. The fourth-order valence-corrected chi connectivity index (χ4v) is 0. The largest absolute Gasteiger partial charge is 1.00 e. The van der Waals surface area contributed by atoms with Crippen LogP contribution in [0, 0.1) is 0 Å². The molecule has 2 N–H and O–H groups in total. The molecule has 0 amide bonds. The van der Waals surface area contributed by atoms with Crippen LogP contribution < -0.4 is 29.6 Å². The summed E-state index contributed by atoms with van der Waals surface area (Å²) in [5.74, 6) is 0. The van der Waals surface area contributed by atoms with Gasteiger partial charge < -0.3 is 1.43 Å². The third-order valence-electron chi connectivity index (χ3n) is 0. The van der Waals surface area contributed by atoms with E-state index >= 15 is 0 Å². The minimum Gasteiger partial charge on any atom is -1.00 e. The quantitative estimate of drug-likeness (QED) is 0.303. The first-order valence-electron chi connectivity index (χ1n) is 0.698. The summed E-state index contributed by atoms with van der Waals surface area (Å²) in [6.07, 6.45) is 0. The molecule has 0 fully saturated rings. The van der Waals surface area contributed by atoms with E-state index in [0.717, 1.165) is 0 Å². The zero-order valence-corrected chi connectivity index (χ0v) is 7.18. The van der Waals surface area contributed by atoms with Crippen molar-refractivity contribution in [3.63, 3.8) is 0 Å². The second-order valence-corrected chi connectivity index (χ2v) is 1.34. The van der Waals surface area contributed by atoms with E-state index in [9.17, 15) is 0 Å². The standard InChI is InChI=1S/Cu.Na.H2O4S.H/c;;1-5(2,3)4;/h;;(H2,1,2,3,4);/q;+1;;-1. The molecule has 0 spiro atoms. The molecule has 45 valence electrons. The van der Waals surface area contributed by atoms with Crippen LogP contribution in [-0.2, 0) is 27.5 Å². The summed E-state index contributed by atoms with van der Waals surface area (Å²) in [5, 5.41) is 0. The van der Waals surface area contributed by atoms with Crippen molar-refractivity contribution in [2.45, 2.75) is 0 Å². The smallest absolute Gasteiger partial charge is 1.00 e. The average molecular weight is 186 g/mol. The Morgan fingerprint density at radius 3 is 1.29 bits per heavy atom. The van der Waals surface area contributed by atoms with Gasteiger partial charge in [-0.2, -0.15) is 8.42 Å². The SMILES string of the molecule is O=S(=O)(O)O.[Cu].[H-].[Na+]. The molecule has 0 aromatic heterocycles. The maximum absolute atomic E-state index is 8.74. The molecule has 4 nitrogen and oxygen atoms in total. The average Bonchev–Trinajstić information content (AvgIpc) is 0.722. The topological polar surface area (TPSA) is 74.6 Å². The molecule has 0 atom stereocenters. The van der Waals surface area contributed by atoms with E-state index in [2.05, 4.69) is 0 Å². The summed E-state index contributed by atoms with van der Waals surface area (Å²) in [4.78, 5) is 0. The van der Waals surface area contributed by atoms with E-state index in [4.69, 9.17) is 17.5 Å². The summed E-state index contributed by atoms with van der Waals surface area (Å²) < 4.78 is 31.6. The van der Waals surface area contributed by atoms with Crippen molar-refractivity contribution >= 4 is 10.4 Å². The van der Waals surface area contributed by atoms with Crippen LogP contribution in [0.4, 0.5) is 0 Å². The zero-order valence-electron chi connectivity index (χ0n) is 4.42. The molecular weight excluding hydrogens is 183 g/mol. The van der Waals surface area contributed by atoms with Gasteiger partial charge in [0.1, 0.15) is 0 Å². The van der Waals surface area contributed by atoms with Crippen LogP contribution in [0.25, 0.3) is 0 Å². The van der Waals surface area contributed by atoms with Crippen molar-refractivity contribution in [3.05, 3.63) is 0 Å². The molecule has 7 heteroatoms. The second-order valence-electron chi connectivity index (χ2n) is 0.448. The fourth-order valence-electron chi connectivity index (χ4n) is 0. The first kappa shape index (κ1) is 15.8. The maximum atomic E-state index is 8.74. The minimum absolute atomic E-state index is 0. The monoisotopic (exact) mass is 185 g/mol. The third kappa shape index (κ3) is 111. The number of hydrogen-bond donors (Lipinski definition) is 2. The van der Waals surface area contributed by atoms with Gasteiger partial charge in [0.15, 0.2) is 0 Å². The first-order valence-corrected chi connectivity index (χ1v) is 2.10. The molecule has 7 heavy (non-hydrogen) atoms. The van der Waals surface area contributed by atoms with Crippen LogP contribution in [0.1, 0.15) is 1.43 Å². The van der Waals surface area contributed by atoms with Gasteiger partial charge in [-0.3, -0.25) is 9.11 Å². The Bertz CT molecular complexity index is 99.2. The molecule has 0 bridgehead atoms. The van der Waals surface area contributed by atoms with Crippen LogP contribution >= 0.6 is 0 Å². The summed E-state index contributed by atoms with van der Waals surface area (Å²) in [7, 11) is -4.67. The van der Waals surface area contributed by atoms with Crippen molar-refractivity contribution in [2.75, 3.05) is 0 Å². The van der Waals surface area contributed by atoms with Gasteiger partial charge in [-0.05, 0) is 0 Å². The molecule has 0 aromatic rings. The molecular formula is H3CuNaO4S. The Morgan fingerprint density at radius 2 is 1.29 bits per heavy atom. The number of hydrogen-bond acceptors (Lipinski definition) is 2. The molecule has 0 aromatic carbocycles. The van der Waals surface area contributed by atoms with Gasteiger partial charge in [0.05, 0.1) is 0 Å². The second kappa shape index (κ2) is 5.52. The molecule has 0 aliphatic rings. The minimum atomic E-state index is -4.67. The molecule has 0 saturated carbocycles. The van der Waals surface area contributed by atoms with E-state index in [1.165, 1.54) is 0 Å². The van der Waals surface area contributed by atoms with Gasteiger partial charge in [0, 0.05) is 17.1 Å². The summed E-state index contributed by atoms with van der Waals surface area (Å²) in [6, 6.07) is 0. The van der Waals surface area contributed by atoms with Gasteiger partial charge in [-0.15, -0.1) is 0 Å². The van der Waals surface area contributed by atoms with Gasteiger partial charge in [-0.25, -0.2) is 0 Å². The van der Waals surface area contributed by atoms with Crippen LogP contribution in [0.5, 0.6) is 0 Å². The summed E-state index contributed by atoms with van der Waals surface area (Å²) >= 11 is 0. The molecule has 0 heterocycles. The predicted molar refractivity (Wildman–Crippen MR) is 15.3 cm³/mol. The zero-order chi connectivity index (χ0) is 4.50. The Hall–Kier alpha value is 1.39. The molecule has 0 rings (SSSR count). The van der Waals surface area contributed by atoms with Gasteiger partial charge >= 0.3 is 40.0 Å². The normalized spacial score (nSPS) is 8.29. The van der Waals surface area contributed by atoms with Crippen LogP contribution in [0.2, 0.25) is 0 Å². The van der Waals surface area contributed by atoms with Crippen molar-refractivity contribution in [1.29, 1.82) is 0 Å². The van der Waals surface area contributed by atoms with Crippen molar-refractivity contribution < 1.29 is 65.6 Å². The Balaban J connectivity index is -0.0000000267. The van der Waals surface area contributed by atoms with Crippen molar-refractivity contribution in [1.82, 2.24) is 0 Å². The first-order chi connectivity index (χ1) is 2.00. The fraction of sp³-hybridized carbons (Fsp3) is 0. The van der Waals surface area contributed by atoms with Gasteiger partial charge in [0.2, 0.25) is 0 Å². The molecule has 0 saturated heterocycles. The summed E-state index contributed by atoms with van der Waals surface area (Å²) in [6.45, 7) is 0. The predicted octanol–water partition coefficient (Wildman–Crippen LogP) is -3.54. The van der Waals surface area contributed by atoms with Crippen LogP contribution in [-0.4, -0.2) is 17.5 Å². The van der Waals surface area contributed by atoms with Gasteiger partial charge in [0.25, 0.3) is 0 Å². The number of rotatable bonds is 0. The van der Waals surface area contributed by atoms with Crippen LogP contribution in [0.15, 0.2) is 0 Å². The Labute approximate surface area is 75.5 Å². The van der Waals surface area contributed by atoms with E-state index in [0.29, 0.717) is 0 Å². The van der Waals surface area contributed by atoms with Crippen molar-refractivity contribution in [3.8, 4) is 0 Å². The summed E-state index contributed by atoms with van der Waals surface area (Å²) in [5.41, 5.74) is 0. The molecule has 0 aliphatic carbocycles. The maximum Gasteiger partial charge on any atom is 1.00 e.